The van der Waals surface area contributed by atoms with Crippen molar-refractivity contribution in [1.29, 1.82) is 0 Å². The molecule has 1 aliphatic carbocycles. The molecule has 23 heavy (non-hydrogen) atoms. The highest BCUT2D eigenvalue weighted by molar-refractivity contribution is 5.29. The second-order valence-corrected chi connectivity index (χ2v) is 7.52. The first kappa shape index (κ1) is 15.5. The first-order chi connectivity index (χ1) is 11.4. The Morgan fingerprint density at radius 3 is 2.35 bits per heavy atom. The molecule has 0 atom stereocenters. The average Bonchev–Trinajstić information content (AvgIpc) is 3.09. The average molecular weight is 315 g/mol. The minimum Gasteiger partial charge on any atom is -0.493 e. The van der Waals surface area contributed by atoms with Gasteiger partial charge in [0.05, 0.1) is 6.61 Å². The number of hydrogen-bond acceptors (Lipinski definition) is 3. The van der Waals surface area contributed by atoms with Crippen LogP contribution in [0.25, 0.3) is 0 Å². The van der Waals surface area contributed by atoms with Gasteiger partial charge in [0.25, 0.3) is 0 Å². The van der Waals surface area contributed by atoms with Crippen molar-refractivity contribution in [3.63, 3.8) is 0 Å². The molecule has 1 aromatic carbocycles. The Kier molecular flexibility index (Phi) is 4.86. The van der Waals surface area contributed by atoms with E-state index < -0.39 is 0 Å². The van der Waals surface area contributed by atoms with Crippen LogP contribution >= 0.6 is 0 Å². The quantitative estimate of drug-likeness (QED) is 0.824. The summed E-state index contributed by atoms with van der Waals surface area (Å²) in [4.78, 5) is 2.66. The Balaban J connectivity index is 1.21. The van der Waals surface area contributed by atoms with Gasteiger partial charge in [-0.3, -0.25) is 4.90 Å². The van der Waals surface area contributed by atoms with Gasteiger partial charge in [-0.05, 0) is 49.3 Å². The van der Waals surface area contributed by atoms with E-state index in [9.17, 15) is 0 Å². The minimum absolute atomic E-state index is 0.671. The van der Waals surface area contributed by atoms with Gasteiger partial charge in [0.15, 0.2) is 0 Å². The molecule has 3 aliphatic rings. The predicted octanol–water partition coefficient (Wildman–Crippen LogP) is 3.83. The molecular formula is C20H29NO2. The molecule has 1 aromatic rings. The number of likely N-dealkylation sites (tertiary alicyclic amines) is 1. The summed E-state index contributed by atoms with van der Waals surface area (Å²) in [5.74, 6) is 2.43. The molecule has 0 amide bonds. The maximum Gasteiger partial charge on any atom is 0.119 e. The number of benzene rings is 1. The van der Waals surface area contributed by atoms with Gasteiger partial charge in [-0.25, -0.2) is 0 Å². The summed E-state index contributed by atoms with van der Waals surface area (Å²) in [6.07, 6.45) is 8.00. The molecular weight excluding hydrogens is 286 g/mol. The lowest BCUT2D eigenvalue weighted by atomic mass is 9.92. The van der Waals surface area contributed by atoms with Crippen LogP contribution in [0.2, 0.25) is 0 Å². The van der Waals surface area contributed by atoms with Crippen LogP contribution in [0, 0.1) is 5.92 Å². The van der Waals surface area contributed by atoms with Crippen LogP contribution in [0.1, 0.15) is 50.0 Å². The van der Waals surface area contributed by atoms with Crippen LogP contribution in [-0.2, 0) is 4.74 Å². The molecule has 0 spiro atoms. The van der Waals surface area contributed by atoms with E-state index in [1.807, 2.05) is 0 Å². The van der Waals surface area contributed by atoms with E-state index >= 15 is 0 Å². The molecule has 0 aromatic heterocycles. The van der Waals surface area contributed by atoms with Crippen molar-refractivity contribution in [2.24, 2.45) is 5.92 Å². The first-order valence-corrected chi connectivity index (χ1v) is 9.43. The molecule has 2 saturated heterocycles. The second kappa shape index (κ2) is 7.23. The number of hydrogen-bond donors (Lipinski definition) is 0. The maximum atomic E-state index is 6.01. The highest BCUT2D eigenvalue weighted by Gasteiger charge is 2.33. The monoisotopic (exact) mass is 315 g/mol. The number of nitrogens with zero attached hydrogens (tertiary/aromatic N) is 1. The molecule has 2 heterocycles. The first-order valence-electron chi connectivity index (χ1n) is 9.43. The van der Waals surface area contributed by atoms with Gasteiger partial charge in [-0.2, -0.15) is 0 Å². The largest absolute Gasteiger partial charge is 0.493 e. The van der Waals surface area contributed by atoms with Gasteiger partial charge in [-0.15, -0.1) is 0 Å². The predicted molar refractivity (Wildman–Crippen MR) is 92.1 cm³/mol. The van der Waals surface area contributed by atoms with Gasteiger partial charge in [-0.1, -0.05) is 25.0 Å². The van der Waals surface area contributed by atoms with E-state index in [0.717, 1.165) is 50.4 Å². The van der Waals surface area contributed by atoms with Crippen molar-refractivity contribution in [3.8, 4) is 5.75 Å². The van der Waals surface area contributed by atoms with Crippen molar-refractivity contribution in [1.82, 2.24) is 4.90 Å². The Labute approximate surface area is 140 Å². The third-order valence-electron chi connectivity index (χ3n) is 5.89. The van der Waals surface area contributed by atoms with E-state index in [-0.39, 0.29) is 0 Å². The molecule has 3 heteroatoms. The van der Waals surface area contributed by atoms with Crippen LogP contribution in [0.4, 0.5) is 0 Å². The number of ether oxygens (including phenoxy) is 2. The normalized spacial score (nSPS) is 24.7. The fourth-order valence-corrected chi connectivity index (χ4v) is 4.36. The fourth-order valence-electron chi connectivity index (χ4n) is 4.36. The lowest BCUT2D eigenvalue weighted by Crippen LogP contribution is -2.53. The van der Waals surface area contributed by atoms with Crippen LogP contribution in [0.5, 0.6) is 5.75 Å². The van der Waals surface area contributed by atoms with E-state index in [0.29, 0.717) is 5.92 Å². The molecule has 2 aliphatic heterocycles. The summed E-state index contributed by atoms with van der Waals surface area (Å²) in [6.45, 7) is 5.17. The Hall–Kier alpha value is -1.06. The topological polar surface area (TPSA) is 21.7 Å². The van der Waals surface area contributed by atoms with Crippen molar-refractivity contribution in [2.45, 2.75) is 50.5 Å². The van der Waals surface area contributed by atoms with Crippen LogP contribution < -0.4 is 4.74 Å². The van der Waals surface area contributed by atoms with E-state index in [4.69, 9.17) is 9.47 Å². The van der Waals surface area contributed by atoms with Crippen molar-refractivity contribution in [3.05, 3.63) is 29.8 Å². The molecule has 3 nitrogen and oxygen atoms in total. The van der Waals surface area contributed by atoms with Crippen molar-refractivity contribution < 1.29 is 9.47 Å². The van der Waals surface area contributed by atoms with Gasteiger partial charge >= 0.3 is 0 Å². The lowest BCUT2D eigenvalue weighted by molar-refractivity contribution is 0.0278. The maximum absolute atomic E-state index is 6.01. The lowest BCUT2D eigenvalue weighted by Gasteiger charge is -2.43. The Bertz CT molecular complexity index is 483. The van der Waals surface area contributed by atoms with Gasteiger partial charge in [0, 0.05) is 38.3 Å². The van der Waals surface area contributed by atoms with Crippen LogP contribution in [0.3, 0.4) is 0 Å². The molecule has 0 bridgehead atoms. The minimum atomic E-state index is 0.671. The summed E-state index contributed by atoms with van der Waals surface area (Å²) < 4.78 is 11.5. The zero-order valence-corrected chi connectivity index (χ0v) is 14.1. The second-order valence-electron chi connectivity index (χ2n) is 7.52. The highest BCUT2D eigenvalue weighted by Crippen LogP contribution is 2.30. The van der Waals surface area contributed by atoms with Gasteiger partial charge in [0.2, 0.25) is 0 Å². The SMILES string of the molecule is c1cc(C2CCOCC2)ccc1OCC1CN(C2CCCC2)C1. The standard InChI is InChI=1S/C20H29NO2/c1-2-4-19(3-1)21-13-16(14-21)15-23-20-7-5-17(6-8-20)18-9-11-22-12-10-18/h5-8,16,18-19H,1-4,9-15H2. The van der Waals surface area contributed by atoms with Gasteiger partial charge < -0.3 is 9.47 Å². The zero-order valence-electron chi connectivity index (χ0n) is 14.1. The molecule has 1 saturated carbocycles. The Morgan fingerprint density at radius 2 is 1.65 bits per heavy atom. The summed E-state index contributed by atoms with van der Waals surface area (Å²) in [6, 6.07) is 9.68. The molecule has 0 radical (unpaired) electrons. The summed E-state index contributed by atoms with van der Waals surface area (Å²) in [7, 11) is 0. The smallest absolute Gasteiger partial charge is 0.119 e. The zero-order chi connectivity index (χ0) is 15.5. The van der Waals surface area contributed by atoms with Crippen LogP contribution in [0.15, 0.2) is 24.3 Å². The third-order valence-corrected chi connectivity index (χ3v) is 5.89. The van der Waals surface area contributed by atoms with Crippen molar-refractivity contribution in [2.75, 3.05) is 32.9 Å². The van der Waals surface area contributed by atoms with Gasteiger partial charge in [0.1, 0.15) is 5.75 Å². The van der Waals surface area contributed by atoms with Crippen molar-refractivity contribution >= 4 is 0 Å². The number of rotatable bonds is 5. The molecule has 3 fully saturated rings. The molecule has 0 unspecified atom stereocenters. The highest BCUT2D eigenvalue weighted by atomic mass is 16.5. The Morgan fingerprint density at radius 1 is 0.957 bits per heavy atom. The molecule has 126 valence electrons. The van der Waals surface area contributed by atoms with Crippen LogP contribution in [-0.4, -0.2) is 43.9 Å². The summed E-state index contributed by atoms with van der Waals surface area (Å²) >= 11 is 0. The molecule has 0 N–H and O–H groups in total. The summed E-state index contributed by atoms with van der Waals surface area (Å²) in [5.41, 5.74) is 1.44. The van der Waals surface area contributed by atoms with E-state index in [2.05, 4.69) is 29.2 Å². The summed E-state index contributed by atoms with van der Waals surface area (Å²) in [5, 5.41) is 0. The van der Waals surface area contributed by atoms with E-state index in [1.54, 1.807) is 0 Å². The molecule has 4 rings (SSSR count). The third kappa shape index (κ3) is 3.72. The van der Waals surface area contributed by atoms with E-state index in [1.165, 1.54) is 44.3 Å². The fraction of sp³-hybridized carbons (Fsp3) is 0.700.